The van der Waals surface area contributed by atoms with Crippen molar-refractivity contribution in [3.63, 3.8) is 0 Å². The standard InChI is InChI=1S/C60H73BN6O18S4/c1-38(58(70)67-33-12-16-53(67)61(71)72)63-57(69)41-20-31-54(62-37-41)64-65-55(68)17-8-6-7-15-46-47-27-25-44(88(79,80)81)35-49(47)59(2,3)48(46)28-18-39-13-11-14-40(56(39)85-42-21-23-43(24-22-42)87(76,77)78)19-30-52-60(4,5)50-36-45(89(82,83)84)26-29-51(50)66(52)32-9-10-34-86(73,74)75/h18-31,35-38,53,71-72H,6-17,32-34H2,1-5H3,(H,62,64)(H,63,69)(H,65,68)(H,73,74,75)(H,76,77,78)(H,79,80,81)(H,82,83,84)/b28-18+,40-19+,52-30+/t38-,53+/m1/s1. The lowest BCUT2D eigenvalue weighted by Gasteiger charge is -2.27. The maximum Gasteiger partial charge on any atom is 0.475 e. The lowest BCUT2D eigenvalue weighted by molar-refractivity contribution is -0.132. The van der Waals surface area contributed by atoms with Crippen LogP contribution >= 0.6 is 0 Å². The lowest BCUT2D eigenvalue weighted by atomic mass is 9.78. The van der Waals surface area contributed by atoms with Gasteiger partial charge >= 0.3 is 7.12 Å². The fourth-order valence-electron chi connectivity index (χ4n) is 11.9. The Hall–Kier alpha value is -7.06. The number of hydrazine groups is 1. The highest BCUT2D eigenvalue weighted by atomic mass is 32.2. The maximum absolute atomic E-state index is 13.0. The zero-order chi connectivity index (χ0) is 65.0. The van der Waals surface area contributed by atoms with Crippen molar-refractivity contribution in [2.45, 2.75) is 149 Å². The topological polar surface area (TPSA) is 374 Å². The van der Waals surface area contributed by atoms with Crippen LogP contribution in [0.1, 0.15) is 139 Å². The van der Waals surface area contributed by atoms with Gasteiger partial charge in [0, 0.05) is 47.9 Å². The minimum atomic E-state index is -4.60. The highest BCUT2D eigenvalue weighted by Crippen LogP contribution is 2.51. The Balaban J connectivity index is 1.03. The van der Waals surface area contributed by atoms with Gasteiger partial charge in [0.15, 0.2) is 0 Å². The highest BCUT2D eigenvalue weighted by Gasteiger charge is 2.42. The number of aromatic nitrogens is 1. The summed E-state index contributed by atoms with van der Waals surface area (Å²) in [5.74, 6) is -1.69. The van der Waals surface area contributed by atoms with E-state index < -0.39 is 88.0 Å². The van der Waals surface area contributed by atoms with E-state index in [0.29, 0.717) is 105 Å². The molecule has 8 rings (SSSR count). The quantitative estimate of drug-likeness (QED) is 0.0135. The van der Waals surface area contributed by atoms with Crippen LogP contribution in [0.4, 0.5) is 11.5 Å². The van der Waals surface area contributed by atoms with E-state index in [0.717, 1.165) is 22.3 Å². The number of pyridine rings is 1. The summed E-state index contributed by atoms with van der Waals surface area (Å²) >= 11 is 0. The molecule has 2 aliphatic carbocycles. The number of rotatable bonds is 25. The van der Waals surface area contributed by atoms with Crippen LogP contribution in [0.15, 0.2) is 146 Å². The van der Waals surface area contributed by atoms with Gasteiger partial charge in [0.2, 0.25) is 11.8 Å². The third kappa shape index (κ3) is 16.3. The Morgan fingerprint density at radius 1 is 0.753 bits per heavy atom. The number of hydrogen-bond acceptors (Lipinski definition) is 17. The zero-order valence-electron chi connectivity index (χ0n) is 49.7. The Bertz CT molecular complexity index is 4030. The molecule has 4 aliphatic rings. The average molecular weight is 1310 g/mol. The van der Waals surface area contributed by atoms with Gasteiger partial charge in [-0.1, -0.05) is 58.4 Å². The number of amides is 3. The van der Waals surface area contributed by atoms with Crippen LogP contribution in [0.5, 0.6) is 5.75 Å². The van der Waals surface area contributed by atoms with Gasteiger partial charge in [-0.25, -0.2) is 4.98 Å². The summed E-state index contributed by atoms with van der Waals surface area (Å²) in [6.07, 6.45) is 14.3. The van der Waals surface area contributed by atoms with Gasteiger partial charge in [-0.3, -0.25) is 43.4 Å². The average Bonchev–Trinajstić information content (AvgIpc) is 1.84. The molecule has 0 bridgehead atoms. The summed E-state index contributed by atoms with van der Waals surface area (Å²) in [6.45, 7) is 9.75. The van der Waals surface area contributed by atoms with E-state index in [2.05, 4.69) is 21.2 Å². The van der Waals surface area contributed by atoms with Crippen LogP contribution in [0.2, 0.25) is 0 Å². The predicted molar refractivity (Wildman–Crippen MR) is 332 cm³/mol. The number of carbonyl (C=O) groups excluding carboxylic acids is 3. The molecule has 478 valence electrons. The molecule has 1 aromatic heterocycles. The molecule has 0 radical (unpaired) electrons. The van der Waals surface area contributed by atoms with E-state index in [1.165, 1.54) is 78.7 Å². The molecule has 0 spiro atoms. The smallest absolute Gasteiger partial charge is 0.457 e. The fourth-order valence-corrected chi connectivity index (χ4v) is 13.9. The number of fused-ring (bicyclic) bond motifs is 2. The number of hydrogen-bond donors (Lipinski definition) is 9. The van der Waals surface area contributed by atoms with Gasteiger partial charge in [-0.05, 0) is 183 Å². The number of nitrogens with one attached hydrogen (secondary N) is 3. The molecule has 2 aliphatic heterocycles. The summed E-state index contributed by atoms with van der Waals surface area (Å²) in [5.41, 5.74) is 10.3. The van der Waals surface area contributed by atoms with Crippen LogP contribution in [-0.2, 0) is 60.9 Å². The first-order valence-electron chi connectivity index (χ1n) is 28.9. The largest absolute Gasteiger partial charge is 0.475 e. The number of ether oxygens (including phenoxy) is 1. The van der Waals surface area contributed by atoms with Crippen molar-refractivity contribution >= 4 is 82.4 Å². The summed E-state index contributed by atoms with van der Waals surface area (Å²) in [4.78, 5) is 45.5. The van der Waals surface area contributed by atoms with Crippen molar-refractivity contribution in [2.75, 3.05) is 29.2 Å². The summed E-state index contributed by atoms with van der Waals surface area (Å²) < 4.78 is 143. The van der Waals surface area contributed by atoms with Gasteiger partial charge in [0.25, 0.3) is 46.4 Å². The fraction of sp³-hybridized carbons (Fsp3) is 0.400. The Kier molecular flexibility index (Phi) is 20.7. The minimum Gasteiger partial charge on any atom is -0.457 e. The van der Waals surface area contributed by atoms with Gasteiger partial charge in [0.1, 0.15) is 23.4 Å². The molecule has 29 heteroatoms. The van der Waals surface area contributed by atoms with Crippen molar-refractivity contribution in [2.24, 2.45) is 0 Å². The maximum atomic E-state index is 13.0. The van der Waals surface area contributed by atoms with Crippen LogP contribution in [0.3, 0.4) is 0 Å². The Morgan fingerprint density at radius 3 is 2.06 bits per heavy atom. The third-order valence-corrected chi connectivity index (χ3v) is 19.9. The molecule has 24 nitrogen and oxygen atoms in total. The summed E-state index contributed by atoms with van der Waals surface area (Å²) in [6, 6.07) is 15.9. The van der Waals surface area contributed by atoms with Gasteiger partial charge in [-0.15, -0.1) is 0 Å². The molecule has 3 heterocycles. The molecule has 1 fully saturated rings. The number of likely N-dealkylation sites (tertiary alicyclic amines) is 1. The second-order valence-electron chi connectivity index (χ2n) is 23.5. The van der Waals surface area contributed by atoms with Crippen LogP contribution < -0.4 is 25.8 Å². The van der Waals surface area contributed by atoms with Crippen LogP contribution in [-0.4, -0.2) is 127 Å². The number of nitrogens with zero attached hydrogens (tertiary/aromatic N) is 3. The van der Waals surface area contributed by atoms with Crippen molar-refractivity contribution in [1.29, 1.82) is 0 Å². The number of benzene rings is 3. The van der Waals surface area contributed by atoms with E-state index in [-0.39, 0.29) is 57.1 Å². The van der Waals surface area contributed by atoms with Crippen molar-refractivity contribution < 1.29 is 81.1 Å². The van der Waals surface area contributed by atoms with Crippen LogP contribution in [0, 0.1) is 0 Å². The molecule has 1 saturated heterocycles. The lowest BCUT2D eigenvalue weighted by Crippen LogP contribution is -2.52. The van der Waals surface area contributed by atoms with E-state index in [1.54, 1.807) is 12.1 Å². The van der Waals surface area contributed by atoms with Gasteiger partial charge < -0.3 is 29.9 Å². The predicted octanol–water partition coefficient (Wildman–Crippen LogP) is 7.43. The zero-order valence-corrected chi connectivity index (χ0v) is 53.0. The first kappa shape index (κ1) is 67.9. The number of unbranched alkanes of at least 4 members (excludes halogenated alkanes) is 3. The minimum absolute atomic E-state index is 0.118. The molecular formula is C60H73BN6O18S4. The van der Waals surface area contributed by atoms with E-state index in [1.807, 2.05) is 56.9 Å². The molecule has 2 atom stereocenters. The summed E-state index contributed by atoms with van der Waals surface area (Å²) in [5, 5.41) is 21.9. The number of carbonyl (C=O) groups is 3. The molecule has 3 amide bonds. The van der Waals surface area contributed by atoms with E-state index >= 15 is 0 Å². The normalized spacial score (nSPS) is 18.8. The second-order valence-corrected chi connectivity index (χ2v) is 29.3. The molecule has 9 N–H and O–H groups in total. The second kappa shape index (κ2) is 27.2. The number of allylic oxidation sites excluding steroid dienone is 9. The molecule has 89 heavy (non-hydrogen) atoms. The van der Waals surface area contributed by atoms with E-state index in [4.69, 9.17) is 4.74 Å². The Labute approximate surface area is 519 Å². The molecule has 3 aromatic carbocycles. The summed E-state index contributed by atoms with van der Waals surface area (Å²) in [7, 11) is -19.7. The third-order valence-electron chi connectivity index (χ3n) is 16.5. The SMILES string of the molecule is C[C@@H](NC(=O)c1ccc(NNC(=O)CCCCCC2=C(/C=C/C3=C(Oc4ccc(S(=O)(=O)O)cc4)C(=C/C=C4/N(CCCCS(=O)(=O)O)c5ccc(S(=O)(=O)O)cc5C4(C)C)/CCC3)C(C)(C)c3cc(S(=O)(=O)O)ccc32)nc1)C(=O)N1CCC[C@H]1B(O)O. The molecular weight excluding hydrogens is 1230 g/mol. The monoisotopic (exact) mass is 1300 g/mol. The Morgan fingerprint density at radius 2 is 1.42 bits per heavy atom. The van der Waals surface area contributed by atoms with Gasteiger partial charge in [0.05, 0.1) is 31.9 Å². The van der Waals surface area contributed by atoms with Gasteiger partial charge in [-0.2, -0.15) is 33.7 Å². The molecule has 0 saturated carbocycles. The molecule has 4 aromatic rings. The van der Waals surface area contributed by atoms with Crippen molar-refractivity contribution in [3.05, 3.63) is 154 Å². The first-order chi connectivity index (χ1) is 41.6. The first-order valence-corrected chi connectivity index (χ1v) is 34.9. The number of anilines is 2. The van der Waals surface area contributed by atoms with Crippen LogP contribution in [0.25, 0.3) is 5.57 Å². The van der Waals surface area contributed by atoms with Crippen molar-refractivity contribution in [1.82, 2.24) is 20.6 Å². The van der Waals surface area contributed by atoms with E-state index in [9.17, 15) is 76.3 Å². The van der Waals surface area contributed by atoms with Crippen molar-refractivity contribution in [3.8, 4) is 5.75 Å². The molecule has 0 unspecified atom stereocenters. The highest BCUT2D eigenvalue weighted by molar-refractivity contribution is 7.86.